The maximum atomic E-state index is 13.0. The molecule has 0 N–H and O–H groups in total. The predicted octanol–water partition coefficient (Wildman–Crippen LogP) is 2.52. The van der Waals surface area contributed by atoms with Crippen LogP contribution in [-0.2, 0) is 4.79 Å². The van der Waals surface area contributed by atoms with Gasteiger partial charge in [0.1, 0.15) is 11.3 Å². The van der Waals surface area contributed by atoms with Gasteiger partial charge in [0.25, 0.3) is 11.8 Å². The summed E-state index contributed by atoms with van der Waals surface area (Å²) >= 11 is 6.11. The first-order valence-corrected chi connectivity index (χ1v) is 7.59. The highest BCUT2D eigenvalue weighted by Gasteiger charge is 2.34. The van der Waals surface area contributed by atoms with Crippen molar-refractivity contribution in [1.29, 1.82) is 0 Å². The van der Waals surface area contributed by atoms with Crippen LogP contribution in [0.25, 0.3) is 0 Å². The number of ether oxygens (including phenoxy) is 2. The third kappa shape index (κ3) is 3.27. The fourth-order valence-corrected chi connectivity index (χ4v) is 2.76. The van der Waals surface area contributed by atoms with Crippen molar-refractivity contribution in [2.75, 3.05) is 27.3 Å². The summed E-state index contributed by atoms with van der Waals surface area (Å²) < 4.78 is 10.5. The fraction of sp³-hybridized carbons (Fsp3) is 0.375. The average molecular weight is 339 g/mol. The molecular weight excluding hydrogens is 320 g/mol. The number of carbonyl (C=O) groups is 2. The zero-order valence-corrected chi connectivity index (χ0v) is 14.1. The molecule has 7 heteroatoms. The van der Waals surface area contributed by atoms with Crippen molar-refractivity contribution < 1.29 is 19.1 Å². The number of hydrogen-bond donors (Lipinski definition) is 0. The lowest BCUT2D eigenvalue weighted by Gasteiger charge is -2.28. The summed E-state index contributed by atoms with van der Waals surface area (Å²) in [5.74, 6) is -0.0298. The minimum atomic E-state index is -0.378. The number of allylic oxidation sites excluding steroid dienone is 1. The normalized spacial score (nSPS) is 14.4. The molecule has 1 saturated heterocycles. The smallest absolute Gasteiger partial charge is 0.280 e. The molecule has 6 nitrogen and oxygen atoms in total. The molecule has 0 aromatic heterocycles. The van der Waals surface area contributed by atoms with Crippen LogP contribution in [0.5, 0.6) is 11.5 Å². The molecule has 0 radical (unpaired) electrons. The Kier molecular flexibility index (Phi) is 5.50. The first-order chi connectivity index (χ1) is 11.0. The van der Waals surface area contributed by atoms with Crippen LogP contribution >= 0.6 is 11.6 Å². The van der Waals surface area contributed by atoms with Crippen LogP contribution < -0.4 is 9.47 Å². The third-order valence-electron chi connectivity index (χ3n) is 3.54. The highest BCUT2D eigenvalue weighted by Crippen LogP contribution is 2.37. The van der Waals surface area contributed by atoms with E-state index in [0.717, 1.165) is 0 Å². The monoisotopic (exact) mass is 338 g/mol. The lowest BCUT2D eigenvalue weighted by molar-refractivity contribution is -0.135. The summed E-state index contributed by atoms with van der Waals surface area (Å²) in [7, 11) is 2.90. The second kappa shape index (κ2) is 7.37. The number of benzene rings is 1. The number of amides is 2. The SMILES string of the molecule is CC=CC(=O)N1CCCN1C(=O)c1c(OC)ccc(Cl)c1OC. The number of hydrazine groups is 1. The lowest BCUT2D eigenvalue weighted by atomic mass is 10.1. The van der Waals surface area contributed by atoms with Gasteiger partial charge in [-0.2, -0.15) is 0 Å². The zero-order valence-electron chi connectivity index (χ0n) is 13.3. The van der Waals surface area contributed by atoms with Gasteiger partial charge < -0.3 is 9.47 Å². The summed E-state index contributed by atoms with van der Waals surface area (Å²) in [4.78, 5) is 25.1. The molecule has 0 bridgehead atoms. The number of methoxy groups -OCH3 is 2. The Morgan fingerprint density at radius 2 is 1.87 bits per heavy atom. The molecule has 0 spiro atoms. The third-order valence-corrected chi connectivity index (χ3v) is 3.84. The van der Waals surface area contributed by atoms with Crippen LogP contribution in [0.1, 0.15) is 23.7 Å². The first-order valence-electron chi connectivity index (χ1n) is 7.21. The molecule has 1 aliphatic heterocycles. The Morgan fingerprint density at radius 1 is 1.17 bits per heavy atom. The number of nitrogens with zero attached hydrogens (tertiary/aromatic N) is 2. The van der Waals surface area contributed by atoms with E-state index in [-0.39, 0.29) is 23.1 Å². The van der Waals surface area contributed by atoms with Crippen LogP contribution in [0.4, 0.5) is 0 Å². The van der Waals surface area contributed by atoms with Gasteiger partial charge in [-0.05, 0) is 25.5 Å². The zero-order chi connectivity index (χ0) is 17.0. The number of carbonyl (C=O) groups excluding carboxylic acids is 2. The molecule has 1 fully saturated rings. The van der Waals surface area contributed by atoms with E-state index < -0.39 is 0 Å². The molecular formula is C16H19ClN2O4. The van der Waals surface area contributed by atoms with Crippen molar-refractivity contribution in [3.63, 3.8) is 0 Å². The Bertz CT molecular complexity index is 645. The lowest BCUT2D eigenvalue weighted by Crippen LogP contribution is -2.44. The van der Waals surface area contributed by atoms with Gasteiger partial charge in [-0.25, -0.2) is 10.0 Å². The fourth-order valence-electron chi connectivity index (χ4n) is 2.52. The van der Waals surface area contributed by atoms with Crippen molar-refractivity contribution >= 4 is 23.4 Å². The molecule has 1 aromatic carbocycles. The maximum Gasteiger partial charge on any atom is 0.280 e. The molecule has 0 unspecified atom stereocenters. The molecule has 124 valence electrons. The molecule has 0 aliphatic carbocycles. The second-order valence-corrected chi connectivity index (χ2v) is 5.31. The highest BCUT2D eigenvalue weighted by molar-refractivity contribution is 6.32. The first kappa shape index (κ1) is 17.1. The van der Waals surface area contributed by atoms with E-state index in [1.54, 1.807) is 25.1 Å². The Hall–Kier alpha value is -2.21. The van der Waals surface area contributed by atoms with Gasteiger partial charge in [0.2, 0.25) is 0 Å². The van der Waals surface area contributed by atoms with E-state index in [0.29, 0.717) is 30.3 Å². The molecule has 1 aromatic rings. The second-order valence-electron chi connectivity index (χ2n) is 4.90. The van der Waals surface area contributed by atoms with Crippen LogP contribution in [0.2, 0.25) is 5.02 Å². The minimum Gasteiger partial charge on any atom is -0.496 e. The van der Waals surface area contributed by atoms with Crippen LogP contribution in [0, 0.1) is 0 Å². The van der Waals surface area contributed by atoms with E-state index >= 15 is 0 Å². The Morgan fingerprint density at radius 3 is 2.48 bits per heavy atom. The van der Waals surface area contributed by atoms with E-state index in [2.05, 4.69) is 0 Å². The molecule has 0 atom stereocenters. The van der Waals surface area contributed by atoms with Gasteiger partial charge in [0, 0.05) is 19.2 Å². The molecule has 1 heterocycles. The van der Waals surface area contributed by atoms with Crippen LogP contribution in [0.15, 0.2) is 24.3 Å². The van der Waals surface area contributed by atoms with Gasteiger partial charge in [-0.1, -0.05) is 17.7 Å². The van der Waals surface area contributed by atoms with E-state index in [9.17, 15) is 9.59 Å². The molecule has 2 amide bonds. The Balaban J connectivity index is 2.43. The van der Waals surface area contributed by atoms with E-state index in [1.165, 1.54) is 30.3 Å². The number of halogens is 1. The number of rotatable bonds is 4. The van der Waals surface area contributed by atoms with Crippen LogP contribution in [0.3, 0.4) is 0 Å². The topological polar surface area (TPSA) is 59.1 Å². The molecule has 23 heavy (non-hydrogen) atoms. The van der Waals surface area contributed by atoms with Gasteiger partial charge in [0.05, 0.1) is 19.2 Å². The van der Waals surface area contributed by atoms with Crippen molar-refractivity contribution in [2.45, 2.75) is 13.3 Å². The Labute approximate surface area is 140 Å². The van der Waals surface area contributed by atoms with E-state index in [4.69, 9.17) is 21.1 Å². The largest absolute Gasteiger partial charge is 0.496 e. The van der Waals surface area contributed by atoms with Crippen molar-refractivity contribution in [3.05, 3.63) is 34.9 Å². The van der Waals surface area contributed by atoms with Crippen LogP contribution in [-0.4, -0.2) is 49.1 Å². The van der Waals surface area contributed by atoms with Crippen molar-refractivity contribution in [2.24, 2.45) is 0 Å². The van der Waals surface area contributed by atoms with Gasteiger partial charge in [0.15, 0.2) is 5.75 Å². The molecule has 1 aliphatic rings. The molecule has 2 rings (SSSR count). The van der Waals surface area contributed by atoms with Gasteiger partial charge in [-0.15, -0.1) is 0 Å². The standard InChI is InChI=1S/C16H19ClN2O4/c1-4-6-13(20)18-9-5-10-19(18)16(21)14-12(22-2)8-7-11(17)15(14)23-3/h4,6-8H,5,9-10H2,1-3H3. The summed E-state index contributed by atoms with van der Waals surface area (Å²) in [6.07, 6.45) is 3.78. The van der Waals surface area contributed by atoms with Crippen molar-refractivity contribution in [3.8, 4) is 11.5 Å². The number of hydrogen-bond acceptors (Lipinski definition) is 4. The van der Waals surface area contributed by atoms with Gasteiger partial charge >= 0.3 is 0 Å². The summed E-state index contributed by atoms with van der Waals surface area (Å²) in [6.45, 7) is 2.68. The molecule has 0 saturated carbocycles. The summed E-state index contributed by atoms with van der Waals surface area (Å²) in [5, 5.41) is 3.13. The van der Waals surface area contributed by atoms with Gasteiger partial charge in [-0.3, -0.25) is 9.59 Å². The average Bonchev–Trinajstić information content (AvgIpc) is 3.03. The minimum absolute atomic E-state index is 0.211. The highest BCUT2D eigenvalue weighted by atomic mass is 35.5. The quantitative estimate of drug-likeness (QED) is 0.791. The predicted molar refractivity (Wildman–Crippen MR) is 86.7 cm³/mol. The summed E-state index contributed by atoms with van der Waals surface area (Å²) in [6, 6.07) is 3.20. The van der Waals surface area contributed by atoms with Crippen molar-refractivity contribution in [1.82, 2.24) is 10.0 Å². The van der Waals surface area contributed by atoms with E-state index in [1.807, 2.05) is 0 Å². The maximum absolute atomic E-state index is 13.0. The summed E-state index contributed by atoms with van der Waals surface area (Å²) in [5.41, 5.74) is 0.211.